The second kappa shape index (κ2) is 12.0. The van der Waals surface area contributed by atoms with Gasteiger partial charge in [-0.3, -0.25) is 0 Å². The lowest BCUT2D eigenvalue weighted by atomic mass is 9.94. The third-order valence-electron chi connectivity index (χ3n) is 4.03. The van der Waals surface area contributed by atoms with Crippen LogP contribution in [-0.2, 0) is 0 Å². The second-order valence-corrected chi connectivity index (χ2v) is 5.79. The third-order valence-corrected chi connectivity index (χ3v) is 4.03. The number of unbranched alkanes of at least 4 members (excludes halogenated alkanes) is 7. The van der Waals surface area contributed by atoms with Gasteiger partial charge in [0.25, 0.3) is 0 Å². The van der Waals surface area contributed by atoms with E-state index in [-0.39, 0.29) is 12.1 Å². The highest BCUT2D eigenvalue weighted by Crippen LogP contribution is 2.14. The largest absolute Gasteiger partial charge is 0.396 e. The van der Waals surface area contributed by atoms with Gasteiger partial charge in [0.2, 0.25) is 0 Å². The van der Waals surface area contributed by atoms with Crippen molar-refractivity contribution in [2.24, 2.45) is 0 Å². The molecule has 0 saturated heterocycles. The first-order valence-corrected chi connectivity index (χ1v) is 8.04. The molecule has 0 aliphatic heterocycles. The number of hydrogen-bond acceptors (Lipinski definition) is 2. The van der Waals surface area contributed by atoms with Crippen LogP contribution in [0.5, 0.6) is 0 Å². The van der Waals surface area contributed by atoms with Crippen molar-refractivity contribution < 1.29 is 5.11 Å². The van der Waals surface area contributed by atoms with Crippen molar-refractivity contribution in [3.05, 3.63) is 0 Å². The van der Waals surface area contributed by atoms with E-state index < -0.39 is 0 Å². The maximum absolute atomic E-state index is 9.04. The Bertz CT molecular complexity index is 172. The zero-order valence-corrected chi connectivity index (χ0v) is 12.9. The predicted octanol–water partition coefficient (Wildman–Crippen LogP) is 4.27. The van der Waals surface area contributed by atoms with Crippen LogP contribution in [0, 0.1) is 0 Å². The standard InChI is InChI=1S/C16H35NO/c1-4-6-7-8-9-10-11-12-14-17-16(3,5-2)13-15-18/h17-18H,4-15H2,1-3H3. The molecule has 18 heavy (non-hydrogen) atoms. The Kier molecular flexibility index (Phi) is 11.9. The summed E-state index contributed by atoms with van der Waals surface area (Å²) in [6, 6.07) is 0. The normalized spacial score (nSPS) is 14.7. The van der Waals surface area contributed by atoms with Crippen LogP contribution in [0.1, 0.15) is 85.0 Å². The van der Waals surface area contributed by atoms with E-state index in [4.69, 9.17) is 5.11 Å². The number of aliphatic hydroxyl groups excluding tert-OH is 1. The molecule has 0 spiro atoms. The molecule has 0 bridgehead atoms. The molecule has 2 nitrogen and oxygen atoms in total. The maximum Gasteiger partial charge on any atom is 0.0448 e. The topological polar surface area (TPSA) is 32.3 Å². The van der Waals surface area contributed by atoms with Crippen molar-refractivity contribution in [3.63, 3.8) is 0 Å². The van der Waals surface area contributed by atoms with Gasteiger partial charge in [-0.05, 0) is 32.7 Å². The number of hydrogen-bond donors (Lipinski definition) is 2. The van der Waals surface area contributed by atoms with Crippen molar-refractivity contribution in [2.45, 2.75) is 90.5 Å². The highest BCUT2D eigenvalue weighted by Gasteiger charge is 2.19. The second-order valence-electron chi connectivity index (χ2n) is 5.79. The van der Waals surface area contributed by atoms with Crippen molar-refractivity contribution >= 4 is 0 Å². The molecule has 0 radical (unpaired) electrons. The number of rotatable bonds is 13. The summed E-state index contributed by atoms with van der Waals surface area (Å²) in [5.74, 6) is 0. The molecular weight excluding hydrogens is 222 g/mol. The Hall–Kier alpha value is -0.0800. The van der Waals surface area contributed by atoms with Gasteiger partial charge >= 0.3 is 0 Å². The van der Waals surface area contributed by atoms with Crippen molar-refractivity contribution in [1.29, 1.82) is 0 Å². The first kappa shape index (κ1) is 17.9. The molecule has 2 heteroatoms. The van der Waals surface area contributed by atoms with Gasteiger partial charge in [0.1, 0.15) is 0 Å². The summed E-state index contributed by atoms with van der Waals surface area (Å²) in [6.07, 6.45) is 12.9. The van der Waals surface area contributed by atoms with Crippen LogP contribution in [0.15, 0.2) is 0 Å². The predicted molar refractivity (Wildman–Crippen MR) is 81.0 cm³/mol. The van der Waals surface area contributed by atoms with Gasteiger partial charge in [0.15, 0.2) is 0 Å². The van der Waals surface area contributed by atoms with E-state index >= 15 is 0 Å². The van der Waals surface area contributed by atoms with Crippen LogP contribution in [0.3, 0.4) is 0 Å². The van der Waals surface area contributed by atoms with E-state index in [0.29, 0.717) is 0 Å². The summed E-state index contributed by atoms with van der Waals surface area (Å²) in [4.78, 5) is 0. The SMILES string of the molecule is CCCCCCCCCCNC(C)(CC)CCO. The van der Waals surface area contributed by atoms with Gasteiger partial charge in [0.05, 0.1) is 0 Å². The summed E-state index contributed by atoms with van der Waals surface area (Å²) in [5, 5.41) is 12.6. The van der Waals surface area contributed by atoms with E-state index in [1.165, 1.54) is 51.4 Å². The van der Waals surface area contributed by atoms with E-state index in [1.807, 2.05) is 0 Å². The average molecular weight is 257 g/mol. The molecule has 0 aromatic rings. The summed E-state index contributed by atoms with van der Waals surface area (Å²) in [5.41, 5.74) is 0.135. The monoisotopic (exact) mass is 257 g/mol. The van der Waals surface area contributed by atoms with Crippen LogP contribution in [0.25, 0.3) is 0 Å². The van der Waals surface area contributed by atoms with E-state index in [9.17, 15) is 0 Å². The zero-order valence-electron chi connectivity index (χ0n) is 12.9. The van der Waals surface area contributed by atoms with Gasteiger partial charge < -0.3 is 10.4 Å². The highest BCUT2D eigenvalue weighted by atomic mass is 16.3. The molecule has 0 rings (SSSR count). The molecule has 0 aromatic heterocycles. The number of aliphatic hydroxyl groups is 1. The van der Waals surface area contributed by atoms with Crippen LogP contribution in [0.4, 0.5) is 0 Å². The van der Waals surface area contributed by atoms with Crippen molar-refractivity contribution in [3.8, 4) is 0 Å². The van der Waals surface area contributed by atoms with Gasteiger partial charge in [-0.15, -0.1) is 0 Å². The highest BCUT2D eigenvalue weighted by molar-refractivity contribution is 4.80. The Morgan fingerprint density at radius 3 is 1.94 bits per heavy atom. The lowest BCUT2D eigenvalue weighted by molar-refractivity contribution is 0.215. The van der Waals surface area contributed by atoms with E-state index in [0.717, 1.165) is 19.4 Å². The lowest BCUT2D eigenvalue weighted by Crippen LogP contribution is -2.43. The molecule has 0 amide bonds. The van der Waals surface area contributed by atoms with Gasteiger partial charge in [-0.25, -0.2) is 0 Å². The molecule has 0 aliphatic rings. The summed E-state index contributed by atoms with van der Waals surface area (Å²) in [7, 11) is 0. The minimum absolute atomic E-state index is 0.135. The van der Waals surface area contributed by atoms with E-state index in [2.05, 4.69) is 26.1 Å². The van der Waals surface area contributed by atoms with Gasteiger partial charge in [-0.2, -0.15) is 0 Å². The van der Waals surface area contributed by atoms with Gasteiger partial charge in [-0.1, -0.05) is 58.8 Å². The van der Waals surface area contributed by atoms with Crippen LogP contribution in [0.2, 0.25) is 0 Å². The summed E-state index contributed by atoms with van der Waals surface area (Å²) < 4.78 is 0. The number of nitrogens with one attached hydrogen (secondary N) is 1. The Labute approximate surface area is 115 Å². The lowest BCUT2D eigenvalue weighted by Gasteiger charge is -2.29. The van der Waals surface area contributed by atoms with Gasteiger partial charge in [0, 0.05) is 12.1 Å². The first-order valence-electron chi connectivity index (χ1n) is 8.04. The molecule has 0 heterocycles. The molecule has 1 unspecified atom stereocenters. The molecule has 2 N–H and O–H groups in total. The minimum atomic E-state index is 0.135. The quantitative estimate of drug-likeness (QED) is 0.483. The Balaban J connectivity index is 3.33. The molecular formula is C16H35NO. The molecule has 110 valence electrons. The fourth-order valence-electron chi connectivity index (χ4n) is 2.29. The fourth-order valence-corrected chi connectivity index (χ4v) is 2.29. The van der Waals surface area contributed by atoms with Crippen LogP contribution < -0.4 is 5.32 Å². The van der Waals surface area contributed by atoms with E-state index in [1.54, 1.807) is 0 Å². The Morgan fingerprint density at radius 1 is 0.889 bits per heavy atom. The van der Waals surface area contributed by atoms with Crippen LogP contribution in [-0.4, -0.2) is 23.8 Å². The molecule has 0 saturated carbocycles. The average Bonchev–Trinajstić information content (AvgIpc) is 2.37. The fraction of sp³-hybridized carbons (Fsp3) is 1.00. The zero-order chi connectivity index (χ0) is 13.7. The van der Waals surface area contributed by atoms with Crippen molar-refractivity contribution in [1.82, 2.24) is 5.32 Å². The van der Waals surface area contributed by atoms with Crippen molar-refractivity contribution in [2.75, 3.05) is 13.2 Å². The Morgan fingerprint density at radius 2 is 1.44 bits per heavy atom. The molecule has 0 fully saturated rings. The third kappa shape index (κ3) is 9.90. The first-order chi connectivity index (χ1) is 8.68. The minimum Gasteiger partial charge on any atom is -0.396 e. The smallest absolute Gasteiger partial charge is 0.0448 e. The summed E-state index contributed by atoms with van der Waals surface area (Å²) >= 11 is 0. The summed E-state index contributed by atoms with van der Waals surface area (Å²) in [6.45, 7) is 8.06. The molecule has 0 aliphatic carbocycles. The van der Waals surface area contributed by atoms with Crippen LogP contribution >= 0.6 is 0 Å². The molecule has 0 aromatic carbocycles. The maximum atomic E-state index is 9.04. The molecule has 1 atom stereocenters.